The maximum Gasteiger partial charge on any atom is 0.134 e. The van der Waals surface area contributed by atoms with Crippen molar-refractivity contribution in [1.29, 1.82) is 0 Å². The molecular weight excluding hydrogens is 282 g/mol. The Balaban J connectivity index is 1.58. The van der Waals surface area contributed by atoms with Crippen LogP contribution < -0.4 is 4.74 Å². The fraction of sp³-hybridized carbons (Fsp3) is 0.333. The predicted octanol–water partition coefficient (Wildman–Crippen LogP) is 4.86. The summed E-state index contributed by atoms with van der Waals surface area (Å²) in [5, 5.41) is 4.93. The number of hydrogen-bond donors (Lipinski definition) is 0. The van der Waals surface area contributed by atoms with Crippen molar-refractivity contribution in [1.82, 2.24) is 4.90 Å². The number of rotatable bonds is 5. The normalized spacial score (nSPS) is 15.5. The van der Waals surface area contributed by atoms with Crippen LogP contribution in [0.2, 0.25) is 0 Å². The zero-order valence-electron chi connectivity index (χ0n) is 13.5. The third-order valence-corrected chi connectivity index (χ3v) is 4.79. The largest absolute Gasteiger partial charge is 0.492 e. The van der Waals surface area contributed by atoms with Crippen molar-refractivity contribution in [2.45, 2.75) is 19.3 Å². The van der Waals surface area contributed by atoms with Gasteiger partial charge in [-0.25, -0.2) is 0 Å². The zero-order chi connectivity index (χ0) is 15.5. The highest BCUT2D eigenvalue weighted by atomic mass is 16.5. The van der Waals surface area contributed by atoms with Crippen LogP contribution in [-0.4, -0.2) is 31.1 Å². The summed E-state index contributed by atoms with van der Waals surface area (Å²) in [6, 6.07) is 19.3. The van der Waals surface area contributed by atoms with E-state index < -0.39 is 0 Å². The highest BCUT2D eigenvalue weighted by molar-refractivity contribution is 6.05. The molecule has 0 unspecified atom stereocenters. The minimum absolute atomic E-state index is 0.786. The van der Waals surface area contributed by atoms with Gasteiger partial charge in [-0.15, -0.1) is 0 Å². The fourth-order valence-electron chi connectivity index (χ4n) is 3.60. The van der Waals surface area contributed by atoms with Gasteiger partial charge in [0.25, 0.3) is 0 Å². The van der Waals surface area contributed by atoms with Crippen LogP contribution in [0.3, 0.4) is 0 Å². The number of fused-ring (bicyclic) bond motifs is 2. The first-order chi connectivity index (χ1) is 11.4. The van der Waals surface area contributed by atoms with Crippen LogP contribution in [0.25, 0.3) is 21.5 Å². The molecule has 3 aromatic rings. The summed E-state index contributed by atoms with van der Waals surface area (Å²) in [7, 11) is 0. The van der Waals surface area contributed by atoms with Gasteiger partial charge < -0.3 is 9.64 Å². The van der Waals surface area contributed by atoms with E-state index in [0.717, 1.165) is 25.3 Å². The molecule has 1 aliphatic rings. The van der Waals surface area contributed by atoms with Crippen molar-refractivity contribution >= 4 is 21.5 Å². The molecule has 0 N–H and O–H groups in total. The molecule has 1 heterocycles. The highest BCUT2D eigenvalue weighted by Gasteiger charge is 2.11. The summed E-state index contributed by atoms with van der Waals surface area (Å²) < 4.78 is 6.27. The highest BCUT2D eigenvalue weighted by Crippen LogP contribution is 2.34. The molecule has 2 nitrogen and oxygen atoms in total. The summed E-state index contributed by atoms with van der Waals surface area (Å²) in [6.07, 6.45) is 3.81. The van der Waals surface area contributed by atoms with Crippen LogP contribution in [0, 0.1) is 0 Å². The minimum atomic E-state index is 0.786. The third kappa shape index (κ3) is 3.04. The summed E-state index contributed by atoms with van der Waals surface area (Å²) >= 11 is 0. The molecule has 0 amide bonds. The molecule has 0 saturated carbocycles. The van der Waals surface area contributed by atoms with E-state index in [1.807, 2.05) is 0 Å². The van der Waals surface area contributed by atoms with Crippen LogP contribution in [0.4, 0.5) is 0 Å². The van der Waals surface area contributed by atoms with E-state index >= 15 is 0 Å². The van der Waals surface area contributed by atoms with Crippen molar-refractivity contribution in [2.75, 3.05) is 26.2 Å². The van der Waals surface area contributed by atoms with Crippen molar-refractivity contribution in [3.8, 4) is 5.75 Å². The van der Waals surface area contributed by atoms with E-state index in [1.165, 1.54) is 47.5 Å². The zero-order valence-corrected chi connectivity index (χ0v) is 13.5. The monoisotopic (exact) mass is 305 g/mol. The number of benzene rings is 3. The Bertz CT molecular complexity index is 751. The standard InChI is InChI=1S/C21H23NO/c1-3-10-19-17(8-1)16-18-9-2-4-11-20(18)21(19)23-15-7-14-22-12-5-6-13-22/h1-4,8-11,16H,5-7,12-15H2. The molecule has 1 saturated heterocycles. The molecule has 23 heavy (non-hydrogen) atoms. The molecule has 4 rings (SSSR count). The number of ether oxygens (including phenoxy) is 1. The maximum absolute atomic E-state index is 6.27. The second-order valence-corrected chi connectivity index (χ2v) is 6.40. The average Bonchev–Trinajstić information content (AvgIpc) is 3.11. The van der Waals surface area contributed by atoms with E-state index in [2.05, 4.69) is 59.5 Å². The molecule has 0 aromatic heterocycles. The van der Waals surface area contributed by atoms with Crippen LogP contribution in [0.1, 0.15) is 19.3 Å². The Hall–Kier alpha value is -2.06. The summed E-state index contributed by atoms with van der Waals surface area (Å²) in [5.74, 6) is 1.04. The van der Waals surface area contributed by atoms with Crippen LogP contribution in [-0.2, 0) is 0 Å². The topological polar surface area (TPSA) is 12.5 Å². The smallest absolute Gasteiger partial charge is 0.134 e. The molecule has 0 spiro atoms. The van der Waals surface area contributed by atoms with Crippen LogP contribution in [0.15, 0.2) is 54.6 Å². The Labute approximate surface area is 137 Å². The van der Waals surface area contributed by atoms with Crippen molar-refractivity contribution in [3.63, 3.8) is 0 Å². The van der Waals surface area contributed by atoms with Gasteiger partial charge in [0, 0.05) is 17.3 Å². The van der Waals surface area contributed by atoms with E-state index in [4.69, 9.17) is 4.74 Å². The lowest BCUT2D eigenvalue weighted by atomic mass is 10.0. The summed E-state index contributed by atoms with van der Waals surface area (Å²) in [6.45, 7) is 4.46. The van der Waals surface area contributed by atoms with Gasteiger partial charge in [0.05, 0.1) is 6.61 Å². The second kappa shape index (κ2) is 6.59. The SMILES string of the molecule is c1ccc2c(OCCCN3CCCC3)c3ccccc3cc2c1. The molecule has 0 aliphatic carbocycles. The Morgan fingerprint density at radius 2 is 1.43 bits per heavy atom. The van der Waals surface area contributed by atoms with Crippen LogP contribution >= 0.6 is 0 Å². The van der Waals surface area contributed by atoms with Gasteiger partial charge in [-0.1, -0.05) is 48.5 Å². The summed E-state index contributed by atoms with van der Waals surface area (Å²) in [5.41, 5.74) is 0. The molecular formula is C21H23NO. The van der Waals surface area contributed by atoms with E-state index in [0.29, 0.717) is 0 Å². The molecule has 118 valence electrons. The molecule has 1 aliphatic heterocycles. The minimum Gasteiger partial charge on any atom is -0.492 e. The lowest BCUT2D eigenvalue weighted by Gasteiger charge is -2.16. The fourth-order valence-corrected chi connectivity index (χ4v) is 3.60. The van der Waals surface area contributed by atoms with Gasteiger partial charge in [-0.2, -0.15) is 0 Å². The number of likely N-dealkylation sites (tertiary alicyclic amines) is 1. The average molecular weight is 305 g/mol. The summed E-state index contributed by atoms with van der Waals surface area (Å²) in [4.78, 5) is 2.55. The predicted molar refractivity (Wildman–Crippen MR) is 97.2 cm³/mol. The molecule has 2 heteroatoms. The van der Waals surface area contributed by atoms with E-state index in [9.17, 15) is 0 Å². The van der Waals surface area contributed by atoms with Crippen molar-refractivity contribution in [3.05, 3.63) is 54.6 Å². The first-order valence-electron chi connectivity index (χ1n) is 8.67. The van der Waals surface area contributed by atoms with Crippen LogP contribution in [0.5, 0.6) is 5.75 Å². The van der Waals surface area contributed by atoms with E-state index in [1.54, 1.807) is 0 Å². The first-order valence-corrected chi connectivity index (χ1v) is 8.67. The number of hydrogen-bond acceptors (Lipinski definition) is 2. The Morgan fingerprint density at radius 3 is 2.09 bits per heavy atom. The van der Waals surface area contributed by atoms with Gasteiger partial charge in [0.15, 0.2) is 0 Å². The van der Waals surface area contributed by atoms with E-state index in [-0.39, 0.29) is 0 Å². The Morgan fingerprint density at radius 1 is 0.826 bits per heavy atom. The molecule has 0 radical (unpaired) electrons. The third-order valence-electron chi connectivity index (χ3n) is 4.79. The van der Waals surface area contributed by atoms with Gasteiger partial charge in [0.1, 0.15) is 5.75 Å². The van der Waals surface area contributed by atoms with Gasteiger partial charge in [-0.05, 0) is 49.2 Å². The van der Waals surface area contributed by atoms with Crippen molar-refractivity contribution in [2.24, 2.45) is 0 Å². The number of nitrogens with zero attached hydrogens (tertiary/aromatic N) is 1. The Kier molecular flexibility index (Phi) is 4.16. The lowest BCUT2D eigenvalue weighted by molar-refractivity contribution is 0.267. The lowest BCUT2D eigenvalue weighted by Crippen LogP contribution is -2.21. The van der Waals surface area contributed by atoms with Gasteiger partial charge in [0.2, 0.25) is 0 Å². The van der Waals surface area contributed by atoms with Gasteiger partial charge >= 0.3 is 0 Å². The molecule has 0 atom stereocenters. The maximum atomic E-state index is 6.27. The second-order valence-electron chi connectivity index (χ2n) is 6.40. The quantitative estimate of drug-likeness (QED) is 0.493. The van der Waals surface area contributed by atoms with Crippen molar-refractivity contribution < 1.29 is 4.74 Å². The first kappa shape index (κ1) is 14.5. The van der Waals surface area contributed by atoms with Gasteiger partial charge in [-0.3, -0.25) is 0 Å². The molecule has 3 aromatic carbocycles. The molecule has 0 bridgehead atoms. The molecule has 1 fully saturated rings.